The van der Waals surface area contributed by atoms with E-state index in [1.165, 1.54) is 6.92 Å². The highest BCUT2D eigenvalue weighted by atomic mass is 16.5. The lowest BCUT2D eigenvalue weighted by molar-refractivity contribution is -0.129. The summed E-state index contributed by atoms with van der Waals surface area (Å²) in [4.78, 5) is 23.2. The lowest BCUT2D eigenvalue weighted by atomic mass is 10.0. The number of nitrogens with two attached hydrogens (primary N) is 1. The number of Topliss-reactive ketones (excluding diaryl/α,β-unsaturated/α-hetero) is 1. The van der Waals surface area contributed by atoms with Crippen LogP contribution in [0.5, 0.6) is 5.75 Å². The van der Waals surface area contributed by atoms with Gasteiger partial charge in [0.25, 0.3) is 5.91 Å². The van der Waals surface area contributed by atoms with E-state index in [1.54, 1.807) is 18.2 Å². The van der Waals surface area contributed by atoms with Gasteiger partial charge < -0.3 is 15.8 Å². The van der Waals surface area contributed by atoms with Gasteiger partial charge in [-0.2, -0.15) is 0 Å². The van der Waals surface area contributed by atoms with E-state index in [4.69, 9.17) is 10.5 Å². The van der Waals surface area contributed by atoms with Crippen molar-refractivity contribution in [2.24, 2.45) is 5.92 Å². The van der Waals surface area contributed by atoms with E-state index < -0.39 is 6.04 Å². The van der Waals surface area contributed by atoms with Gasteiger partial charge in [0.2, 0.25) is 0 Å². The Bertz CT molecular complexity index is 498. The van der Waals surface area contributed by atoms with Crippen LogP contribution in [-0.4, -0.2) is 24.3 Å². The van der Waals surface area contributed by atoms with Crippen molar-refractivity contribution in [1.82, 2.24) is 5.32 Å². The molecule has 20 heavy (non-hydrogen) atoms. The van der Waals surface area contributed by atoms with Crippen molar-refractivity contribution in [3.8, 4) is 5.75 Å². The second-order valence-corrected chi connectivity index (χ2v) is 5.21. The Balaban J connectivity index is 2.57. The molecule has 0 spiro atoms. The highest BCUT2D eigenvalue weighted by molar-refractivity contribution is 5.88. The van der Waals surface area contributed by atoms with Crippen molar-refractivity contribution in [3.63, 3.8) is 0 Å². The van der Waals surface area contributed by atoms with Crippen LogP contribution >= 0.6 is 0 Å². The molecular weight excluding hydrogens is 256 g/mol. The third kappa shape index (κ3) is 4.57. The number of ether oxygens (including phenoxy) is 1. The van der Waals surface area contributed by atoms with Gasteiger partial charge in [0.05, 0.1) is 6.04 Å². The topological polar surface area (TPSA) is 81.4 Å². The van der Waals surface area contributed by atoms with Crippen LogP contribution in [0.25, 0.3) is 0 Å². The Hall–Kier alpha value is -2.04. The summed E-state index contributed by atoms with van der Waals surface area (Å²) in [6, 6.07) is 4.74. The normalized spacial score (nSPS) is 12.1. The quantitative estimate of drug-likeness (QED) is 0.776. The fourth-order valence-corrected chi connectivity index (χ4v) is 1.93. The minimum Gasteiger partial charge on any atom is -0.484 e. The second kappa shape index (κ2) is 6.93. The first-order valence-corrected chi connectivity index (χ1v) is 6.60. The van der Waals surface area contributed by atoms with Gasteiger partial charge >= 0.3 is 0 Å². The van der Waals surface area contributed by atoms with Gasteiger partial charge in [0.1, 0.15) is 5.75 Å². The predicted octanol–water partition coefficient (Wildman–Crippen LogP) is 1.69. The van der Waals surface area contributed by atoms with Crippen molar-refractivity contribution in [2.75, 3.05) is 12.3 Å². The highest BCUT2D eigenvalue weighted by Crippen LogP contribution is 2.19. The Morgan fingerprint density at radius 1 is 1.35 bits per heavy atom. The zero-order valence-corrected chi connectivity index (χ0v) is 12.4. The molecule has 1 unspecified atom stereocenters. The second-order valence-electron chi connectivity index (χ2n) is 5.21. The van der Waals surface area contributed by atoms with E-state index in [2.05, 4.69) is 5.32 Å². The van der Waals surface area contributed by atoms with E-state index in [0.29, 0.717) is 11.4 Å². The highest BCUT2D eigenvalue weighted by Gasteiger charge is 2.20. The number of benzene rings is 1. The number of rotatable bonds is 6. The van der Waals surface area contributed by atoms with Crippen LogP contribution in [-0.2, 0) is 9.59 Å². The summed E-state index contributed by atoms with van der Waals surface area (Å²) in [6.45, 7) is 6.97. The van der Waals surface area contributed by atoms with Gasteiger partial charge in [0.15, 0.2) is 12.4 Å². The Morgan fingerprint density at radius 2 is 2.00 bits per heavy atom. The number of nitrogen functional groups attached to an aromatic ring is 1. The maximum atomic E-state index is 11.8. The predicted molar refractivity (Wildman–Crippen MR) is 78.5 cm³/mol. The fourth-order valence-electron chi connectivity index (χ4n) is 1.93. The van der Waals surface area contributed by atoms with E-state index in [-0.39, 0.29) is 24.2 Å². The monoisotopic (exact) mass is 278 g/mol. The van der Waals surface area contributed by atoms with Crippen LogP contribution in [0.4, 0.5) is 5.69 Å². The lowest BCUT2D eigenvalue weighted by Crippen LogP contribution is -2.45. The number of carbonyl (C=O) groups excluding carboxylic acids is 2. The summed E-state index contributed by atoms with van der Waals surface area (Å²) >= 11 is 0. The van der Waals surface area contributed by atoms with Crippen LogP contribution < -0.4 is 15.8 Å². The Labute approximate surface area is 119 Å². The molecule has 0 aliphatic rings. The first kappa shape index (κ1) is 16.0. The molecule has 0 radical (unpaired) electrons. The maximum absolute atomic E-state index is 11.8. The van der Waals surface area contributed by atoms with Crippen molar-refractivity contribution >= 4 is 17.4 Å². The van der Waals surface area contributed by atoms with Gasteiger partial charge in [0, 0.05) is 5.69 Å². The molecule has 1 rings (SSSR count). The fraction of sp³-hybridized carbons (Fsp3) is 0.467. The molecule has 0 aliphatic heterocycles. The van der Waals surface area contributed by atoms with Gasteiger partial charge in [-0.05, 0) is 43.5 Å². The molecule has 1 aromatic carbocycles. The SMILES string of the molecule is CC(=O)C(NC(=O)COc1ccc(N)cc1C)C(C)C. The molecule has 0 heterocycles. The van der Waals surface area contributed by atoms with E-state index in [0.717, 1.165) is 5.56 Å². The first-order chi connectivity index (χ1) is 9.31. The number of carbonyl (C=O) groups is 2. The molecule has 0 fully saturated rings. The minimum atomic E-state index is -0.474. The van der Waals surface area contributed by atoms with Gasteiger partial charge in [-0.15, -0.1) is 0 Å². The molecule has 0 saturated carbocycles. The summed E-state index contributed by atoms with van der Waals surface area (Å²) in [5.74, 6) is 0.292. The summed E-state index contributed by atoms with van der Waals surface area (Å²) in [5.41, 5.74) is 7.16. The minimum absolute atomic E-state index is 0.0507. The van der Waals surface area contributed by atoms with Crippen molar-refractivity contribution in [3.05, 3.63) is 23.8 Å². The van der Waals surface area contributed by atoms with E-state index >= 15 is 0 Å². The van der Waals surface area contributed by atoms with Crippen LogP contribution in [0.15, 0.2) is 18.2 Å². The van der Waals surface area contributed by atoms with E-state index in [9.17, 15) is 9.59 Å². The lowest BCUT2D eigenvalue weighted by Gasteiger charge is -2.19. The molecule has 5 nitrogen and oxygen atoms in total. The zero-order valence-electron chi connectivity index (χ0n) is 12.4. The number of hydrogen-bond acceptors (Lipinski definition) is 4. The van der Waals surface area contributed by atoms with Gasteiger partial charge in [-0.1, -0.05) is 13.8 Å². The van der Waals surface area contributed by atoms with Crippen molar-refractivity contribution in [2.45, 2.75) is 33.7 Å². The number of hydrogen-bond donors (Lipinski definition) is 2. The number of aryl methyl sites for hydroxylation is 1. The van der Waals surface area contributed by atoms with Crippen molar-refractivity contribution in [1.29, 1.82) is 0 Å². The zero-order chi connectivity index (χ0) is 15.3. The molecule has 0 aromatic heterocycles. The number of amides is 1. The first-order valence-electron chi connectivity index (χ1n) is 6.60. The van der Waals surface area contributed by atoms with Gasteiger partial charge in [-0.3, -0.25) is 9.59 Å². The summed E-state index contributed by atoms with van der Waals surface area (Å²) in [7, 11) is 0. The van der Waals surface area contributed by atoms with Gasteiger partial charge in [-0.25, -0.2) is 0 Å². The third-order valence-electron chi connectivity index (χ3n) is 2.98. The van der Waals surface area contributed by atoms with Crippen LogP contribution in [0.1, 0.15) is 26.3 Å². The number of ketones is 1. The third-order valence-corrected chi connectivity index (χ3v) is 2.98. The van der Waals surface area contributed by atoms with Crippen LogP contribution in [0, 0.1) is 12.8 Å². The van der Waals surface area contributed by atoms with Crippen molar-refractivity contribution < 1.29 is 14.3 Å². The molecule has 5 heteroatoms. The Kier molecular flexibility index (Phi) is 5.55. The molecule has 0 saturated heterocycles. The molecule has 3 N–H and O–H groups in total. The summed E-state index contributed by atoms with van der Waals surface area (Å²) in [6.07, 6.45) is 0. The smallest absolute Gasteiger partial charge is 0.258 e. The number of anilines is 1. The molecule has 110 valence electrons. The standard InChI is InChI=1S/C15H22N2O3/c1-9(2)15(11(4)18)17-14(19)8-20-13-6-5-12(16)7-10(13)3/h5-7,9,15H,8,16H2,1-4H3,(H,17,19). The van der Waals surface area contributed by atoms with Crippen LogP contribution in [0.2, 0.25) is 0 Å². The molecule has 0 aliphatic carbocycles. The molecule has 1 atom stereocenters. The molecule has 1 amide bonds. The number of nitrogens with one attached hydrogen (secondary N) is 1. The van der Waals surface area contributed by atoms with E-state index in [1.807, 2.05) is 20.8 Å². The average Bonchev–Trinajstić information content (AvgIpc) is 2.34. The maximum Gasteiger partial charge on any atom is 0.258 e. The molecular formula is C15H22N2O3. The Morgan fingerprint density at radius 3 is 2.50 bits per heavy atom. The average molecular weight is 278 g/mol. The largest absolute Gasteiger partial charge is 0.484 e. The summed E-state index contributed by atoms with van der Waals surface area (Å²) in [5, 5.41) is 2.68. The molecule has 0 bridgehead atoms. The molecule has 1 aromatic rings. The summed E-state index contributed by atoms with van der Waals surface area (Å²) < 4.78 is 5.44. The van der Waals surface area contributed by atoms with Crippen LogP contribution in [0.3, 0.4) is 0 Å².